The molecular weight excluding hydrogens is 316 g/mol. The van der Waals surface area contributed by atoms with E-state index in [-0.39, 0.29) is 11.7 Å². The van der Waals surface area contributed by atoms with Crippen LogP contribution in [0.3, 0.4) is 0 Å². The highest BCUT2D eigenvalue weighted by atomic mass is 35.5. The van der Waals surface area contributed by atoms with Gasteiger partial charge in [0.1, 0.15) is 0 Å². The van der Waals surface area contributed by atoms with E-state index in [1.54, 1.807) is 18.5 Å². The maximum atomic E-state index is 10.8. The number of nitro benzene ring substituents is 1. The summed E-state index contributed by atoms with van der Waals surface area (Å²) in [5.41, 5.74) is 2.12. The van der Waals surface area contributed by atoms with Crippen molar-refractivity contribution in [3.8, 4) is 0 Å². The van der Waals surface area contributed by atoms with Crippen molar-refractivity contribution in [1.29, 1.82) is 0 Å². The molecule has 2 aromatic rings. The summed E-state index contributed by atoms with van der Waals surface area (Å²) in [5.74, 6) is 0. The van der Waals surface area contributed by atoms with Crippen molar-refractivity contribution in [3.63, 3.8) is 0 Å². The number of non-ortho nitro benzene ring substituents is 1. The van der Waals surface area contributed by atoms with Crippen LogP contribution in [0.1, 0.15) is 17.2 Å². The number of piperazine rings is 1. The van der Waals surface area contributed by atoms with Gasteiger partial charge in [0.25, 0.3) is 5.69 Å². The van der Waals surface area contributed by atoms with Gasteiger partial charge in [-0.25, -0.2) is 0 Å². The highest BCUT2D eigenvalue weighted by molar-refractivity contribution is 6.31. The molecule has 1 aromatic carbocycles. The lowest BCUT2D eigenvalue weighted by Gasteiger charge is -2.36. The predicted molar refractivity (Wildman–Crippen MR) is 88.4 cm³/mol. The minimum absolute atomic E-state index is 0.0183. The van der Waals surface area contributed by atoms with Gasteiger partial charge in [-0.05, 0) is 29.3 Å². The number of aromatic nitrogens is 1. The van der Waals surface area contributed by atoms with Gasteiger partial charge < -0.3 is 5.32 Å². The Hall–Kier alpha value is -2.02. The van der Waals surface area contributed by atoms with E-state index in [1.807, 2.05) is 12.1 Å². The second-order valence-electron chi connectivity index (χ2n) is 5.50. The SMILES string of the molecule is O=[N+]([O-])c1ccc(CN2CCNCC2c2ccncc2)c(Cl)c1. The molecule has 0 amide bonds. The Labute approximate surface area is 139 Å². The number of nitrogens with one attached hydrogen (secondary N) is 1. The zero-order valence-electron chi connectivity index (χ0n) is 12.5. The molecule has 120 valence electrons. The molecular formula is C16H17ClN4O2. The molecule has 23 heavy (non-hydrogen) atoms. The van der Waals surface area contributed by atoms with Gasteiger partial charge in [0.15, 0.2) is 0 Å². The molecule has 1 atom stereocenters. The van der Waals surface area contributed by atoms with Crippen molar-refractivity contribution in [2.75, 3.05) is 19.6 Å². The molecule has 1 aliphatic heterocycles. The van der Waals surface area contributed by atoms with Crippen LogP contribution in [0.5, 0.6) is 0 Å². The van der Waals surface area contributed by atoms with Crippen molar-refractivity contribution in [3.05, 3.63) is 69.0 Å². The number of hydrogen-bond acceptors (Lipinski definition) is 5. The number of halogens is 1. The molecule has 6 nitrogen and oxygen atoms in total. The van der Waals surface area contributed by atoms with Crippen molar-refractivity contribution < 1.29 is 4.92 Å². The molecule has 7 heteroatoms. The number of nitro groups is 1. The lowest BCUT2D eigenvalue weighted by Crippen LogP contribution is -2.45. The lowest BCUT2D eigenvalue weighted by molar-refractivity contribution is -0.384. The van der Waals surface area contributed by atoms with Crippen molar-refractivity contribution >= 4 is 17.3 Å². The molecule has 3 rings (SSSR count). The lowest BCUT2D eigenvalue weighted by atomic mass is 10.0. The Bertz CT molecular complexity index is 696. The molecule has 0 saturated carbocycles. The molecule has 0 radical (unpaired) electrons. The Balaban J connectivity index is 1.81. The Morgan fingerprint density at radius 1 is 1.35 bits per heavy atom. The largest absolute Gasteiger partial charge is 0.314 e. The summed E-state index contributed by atoms with van der Waals surface area (Å²) in [6, 6.07) is 8.93. The van der Waals surface area contributed by atoms with E-state index in [0.717, 1.165) is 25.2 Å². The fraction of sp³-hybridized carbons (Fsp3) is 0.312. The fourth-order valence-electron chi connectivity index (χ4n) is 2.85. The van der Waals surface area contributed by atoms with E-state index in [4.69, 9.17) is 11.6 Å². The first-order chi connectivity index (χ1) is 11.1. The molecule has 0 spiro atoms. The number of pyridine rings is 1. The van der Waals surface area contributed by atoms with E-state index < -0.39 is 4.92 Å². The average Bonchev–Trinajstić information content (AvgIpc) is 2.58. The molecule has 1 unspecified atom stereocenters. The van der Waals surface area contributed by atoms with E-state index in [2.05, 4.69) is 15.2 Å². The summed E-state index contributed by atoms with van der Waals surface area (Å²) < 4.78 is 0. The number of benzene rings is 1. The van der Waals surface area contributed by atoms with E-state index in [1.165, 1.54) is 17.7 Å². The summed E-state index contributed by atoms with van der Waals surface area (Å²) in [6.45, 7) is 3.31. The third-order valence-corrected chi connectivity index (χ3v) is 4.42. The highest BCUT2D eigenvalue weighted by Gasteiger charge is 2.24. The molecule has 0 aliphatic carbocycles. The van der Waals surface area contributed by atoms with Gasteiger partial charge in [-0.15, -0.1) is 0 Å². The summed E-state index contributed by atoms with van der Waals surface area (Å²) in [7, 11) is 0. The molecule has 0 bridgehead atoms. The maximum absolute atomic E-state index is 10.8. The van der Waals surface area contributed by atoms with Crippen molar-refractivity contribution in [1.82, 2.24) is 15.2 Å². The average molecular weight is 333 g/mol. The fourth-order valence-corrected chi connectivity index (χ4v) is 3.08. The quantitative estimate of drug-likeness (QED) is 0.688. The molecule has 1 N–H and O–H groups in total. The highest BCUT2D eigenvalue weighted by Crippen LogP contribution is 2.28. The van der Waals surface area contributed by atoms with Crippen LogP contribution in [0.2, 0.25) is 5.02 Å². The van der Waals surface area contributed by atoms with Crippen LogP contribution in [0.25, 0.3) is 0 Å². The normalized spacial score (nSPS) is 18.7. The van der Waals surface area contributed by atoms with Gasteiger partial charge in [0.2, 0.25) is 0 Å². The Morgan fingerprint density at radius 3 is 2.83 bits per heavy atom. The second-order valence-corrected chi connectivity index (χ2v) is 5.91. The van der Waals surface area contributed by atoms with Gasteiger partial charge in [-0.1, -0.05) is 11.6 Å². The summed E-state index contributed by atoms with van der Waals surface area (Å²) in [6.07, 6.45) is 3.59. The van der Waals surface area contributed by atoms with Gasteiger partial charge in [0, 0.05) is 56.7 Å². The smallest absolute Gasteiger partial charge is 0.270 e. The molecule has 1 saturated heterocycles. The maximum Gasteiger partial charge on any atom is 0.270 e. The first-order valence-corrected chi connectivity index (χ1v) is 7.80. The molecule has 1 aliphatic rings. The zero-order valence-corrected chi connectivity index (χ0v) is 13.2. The summed E-state index contributed by atoms with van der Waals surface area (Å²) >= 11 is 6.23. The standard InChI is InChI=1S/C16H17ClN4O2/c17-15-9-14(21(22)23)2-1-13(15)11-20-8-7-19-10-16(20)12-3-5-18-6-4-12/h1-6,9,16,19H,7-8,10-11H2. The van der Waals surface area contributed by atoms with Crippen LogP contribution in [0.4, 0.5) is 5.69 Å². The second kappa shape index (κ2) is 7.04. The van der Waals surface area contributed by atoms with Gasteiger partial charge in [0.05, 0.1) is 9.95 Å². The van der Waals surface area contributed by atoms with Crippen LogP contribution in [0.15, 0.2) is 42.7 Å². The van der Waals surface area contributed by atoms with Crippen LogP contribution in [-0.2, 0) is 6.54 Å². The Kier molecular flexibility index (Phi) is 4.85. The van der Waals surface area contributed by atoms with Gasteiger partial charge in [-0.2, -0.15) is 0 Å². The third-order valence-electron chi connectivity index (χ3n) is 4.07. The number of nitrogens with zero attached hydrogens (tertiary/aromatic N) is 3. The van der Waals surface area contributed by atoms with Crippen molar-refractivity contribution in [2.24, 2.45) is 0 Å². The minimum Gasteiger partial charge on any atom is -0.314 e. The summed E-state index contributed by atoms with van der Waals surface area (Å²) in [5, 5.41) is 14.7. The van der Waals surface area contributed by atoms with Crippen LogP contribution < -0.4 is 5.32 Å². The molecule has 1 aromatic heterocycles. The number of hydrogen-bond donors (Lipinski definition) is 1. The predicted octanol–water partition coefficient (Wildman–Crippen LogP) is 2.79. The van der Waals surface area contributed by atoms with E-state index >= 15 is 0 Å². The molecule has 2 heterocycles. The number of rotatable bonds is 4. The van der Waals surface area contributed by atoms with Crippen LogP contribution in [0, 0.1) is 10.1 Å². The zero-order chi connectivity index (χ0) is 16.2. The van der Waals surface area contributed by atoms with E-state index in [9.17, 15) is 10.1 Å². The third kappa shape index (κ3) is 3.67. The van der Waals surface area contributed by atoms with Gasteiger partial charge in [-0.3, -0.25) is 20.0 Å². The van der Waals surface area contributed by atoms with Crippen molar-refractivity contribution in [2.45, 2.75) is 12.6 Å². The monoisotopic (exact) mass is 332 g/mol. The van der Waals surface area contributed by atoms with Gasteiger partial charge >= 0.3 is 0 Å². The first-order valence-electron chi connectivity index (χ1n) is 7.42. The Morgan fingerprint density at radius 2 is 2.13 bits per heavy atom. The van der Waals surface area contributed by atoms with Crippen LogP contribution in [-0.4, -0.2) is 34.4 Å². The van der Waals surface area contributed by atoms with Crippen LogP contribution >= 0.6 is 11.6 Å². The molecule has 1 fully saturated rings. The first kappa shape index (κ1) is 15.9. The summed E-state index contributed by atoms with van der Waals surface area (Å²) in [4.78, 5) is 16.8. The van der Waals surface area contributed by atoms with E-state index in [0.29, 0.717) is 11.6 Å². The topological polar surface area (TPSA) is 71.3 Å². The minimum atomic E-state index is -0.430.